The van der Waals surface area contributed by atoms with Gasteiger partial charge < -0.3 is 14.8 Å². The van der Waals surface area contributed by atoms with Crippen LogP contribution in [0.2, 0.25) is 0 Å². The first-order valence-corrected chi connectivity index (χ1v) is 8.07. The van der Waals surface area contributed by atoms with Crippen LogP contribution in [0.4, 0.5) is 0 Å². The Labute approximate surface area is 132 Å². The summed E-state index contributed by atoms with van der Waals surface area (Å²) in [5.41, 5.74) is 0.926. The number of unbranched alkanes of at least 4 members (excludes halogenated alkanes) is 3. The average molecular weight is 303 g/mol. The van der Waals surface area contributed by atoms with Crippen LogP contribution in [0.1, 0.15) is 51.5 Å². The third kappa shape index (κ3) is 5.10. The Morgan fingerprint density at radius 1 is 1.27 bits per heavy atom. The smallest absolute Gasteiger partial charge is 0.244 e. The van der Waals surface area contributed by atoms with Gasteiger partial charge in [-0.3, -0.25) is 4.79 Å². The van der Waals surface area contributed by atoms with E-state index in [-0.39, 0.29) is 18.7 Å². The molecule has 1 aliphatic rings. The Morgan fingerprint density at radius 2 is 2.09 bits per heavy atom. The summed E-state index contributed by atoms with van der Waals surface area (Å²) in [5.74, 6) is 1.43. The zero-order valence-corrected chi connectivity index (χ0v) is 13.4. The second kappa shape index (κ2) is 8.47. The molecule has 120 valence electrons. The van der Waals surface area contributed by atoms with E-state index in [0.717, 1.165) is 23.5 Å². The number of nitrogens with one attached hydrogen (secondary N) is 1. The fraction of sp³-hybridized carbons (Fsp3) is 0.500. The van der Waals surface area contributed by atoms with Gasteiger partial charge in [0.2, 0.25) is 12.7 Å². The summed E-state index contributed by atoms with van der Waals surface area (Å²) in [7, 11) is 0. The predicted molar refractivity (Wildman–Crippen MR) is 88.0 cm³/mol. The van der Waals surface area contributed by atoms with Crippen molar-refractivity contribution in [3.8, 4) is 11.5 Å². The van der Waals surface area contributed by atoms with Gasteiger partial charge in [-0.15, -0.1) is 0 Å². The van der Waals surface area contributed by atoms with Crippen LogP contribution in [0, 0.1) is 0 Å². The summed E-state index contributed by atoms with van der Waals surface area (Å²) in [6, 6.07) is 5.85. The van der Waals surface area contributed by atoms with Crippen LogP contribution in [0.15, 0.2) is 24.3 Å². The van der Waals surface area contributed by atoms with E-state index in [2.05, 4.69) is 19.2 Å². The molecule has 1 aliphatic heterocycles. The van der Waals surface area contributed by atoms with Gasteiger partial charge in [-0.25, -0.2) is 0 Å². The van der Waals surface area contributed by atoms with E-state index in [9.17, 15) is 4.79 Å². The standard InChI is InChI=1S/C18H25NO3/c1-3-4-5-6-7-14(2)19-18(20)11-9-15-8-10-16-17(12-15)22-13-21-16/h8-12,14H,3-7,13H2,1-2H3,(H,19,20)/b11-9+/t14-/m0/s1. The van der Waals surface area contributed by atoms with Crippen molar-refractivity contribution in [2.45, 2.75) is 52.0 Å². The van der Waals surface area contributed by atoms with Crippen LogP contribution in [0.5, 0.6) is 11.5 Å². The number of amides is 1. The van der Waals surface area contributed by atoms with Crippen LogP contribution in [-0.4, -0.2) is 18.7 Å². The van der Waals surface area contributed by atoms with Crippen molar-refractivity contribution in [1.82, 2.24) is 5.32 Å². The van der Waals surface area contributed by atoms with Gasteiger partial charge in [0.15, 0.2) is 11.5 Å². The largest absolute Gasteiger partial charge is 0.454 e. The normalized spacial score (nSPS) is 14.3. The number of rotatable bonds is 8. The maximum atomic E-state index is 11.9. The van der Waals surface area contributed by atoms with Gasteiger partial charge in [0.05, 0.1) is 0 Å². The van der Waals surface area contributed by atoms with Crippen molar-refractivity contribution in [2.75, 3.05) is 6.79 Å². The first-order valence-electron chi connectivity index (χ1n) is 8.07. The number of carbonyl (C=O) groups excluding carboxylic acids is 1. The van der Waals surface area contributed by atoms with Crippen molar-refractivity contribution in [3.05, 3.63) is 29.8 Å². The van der Waals surface area contributed by atoms with Crippen LogP contribution in [0.3, 0.4) is 0 Å². The number of fused-ring (bicyclic) bond motifs is 1. The number of carbonyl (C=O) groups is 1. The lowest BCUT2D eigenvalue weighted by atomic mass is 10.1. The third-order valence-corrected chi connectivity index (χ3v) is 3.70. The Kier molecular flexibility index (Phi) is 6.31. The van der Waals surface area contributed by atoms with Crippen molar-refractivity contribution in [2.24, 2.45) is 0 Å². The van der Waals surface area contributed by atoms with E-state index < -0.39 is 0 Å². The van der Waals surface area contributed by atoms with Gasteiger partial charge in [-0.1, -0.05) is 38.7 Å². The van der Waals surface area contributed by atoms with Gasteiger partial charge >= 0.3 is 0 Å². The van der Waals surface area contributed by atoms with E-state index in [0.29, 0.717) is 0 Å². The van der Waals surface area contributed by atoms with Gasteiger partial charge in [-0.2, -0.15) is 0 Å². The molecule has 0 aliphatic carbocycles. The predicted octanol–water partition coefficient (Wildman–Crippen LogP) is 3.90. The highest BCUT2D eigenvalue weighted by atomic mass is 16.7. The van der Waals surface area contributed by atoms with Crippen LogP contribution >= 0.6 is 0 Å². The minimum Gasteiger partial charge on any atom is -0.454 e. The average Bonchev–Trinajstić information content (AvgIpc) is 2.97. The summed E-state index contributed by atoms with van der Waals surface area (Å²) in [6.45, 7) is 4.52. The number of ether oxygens (including phenoxy) is 2. The maximum Gasteiger partial charge on any atom is 0.244 e. The summed E-state index contributed by atoms with van der Waals surface area (Å²) >= 11 is 0. The fourth-order valence-electron chi connectivity index (χ4n) is 2.43. The molecule has 0 bridgehead atoms. The molecule has 0 saturated heterocycles. The summed E-state index contributed by atoms with van der Waals surface area (Å²) in [5, 5.41) is 3.00. The van der Waals surface area contributed by atoms with Gasteiger partial charge in [0.1, 0.15) is 0 Å². The highest BCUT2D eigenvalue weighted by Crippen LogP contribution is 2.32. The SMILES string of the molecule is CCCCCC[C@H](C)NC(=O)/C=C/c1ccc2c(c1)OCO2. The molecule has 2 rings (SSSR count). The molecule has 1 N–H and O–H groups in total. The first-order chi connectivity index (χ1) is 10.7. The van der Waals surface area contributed by atoms with Crippen LogP contribution in [-0.2, 0) is 4.79 Å². The van der Waals surface area contributed by atoms with E-state index in [4.69, 9.17) is 9.47 Å². The minimum absolute atomic E-state index is 0.0549. The molecule has 0 aromatic heterocycles. The monoisotopic (exact) mass is 303 g/mol. The molecule has 4 nitrogen and oxygen atoms in total. The van der Waals surface area contributed by atoms with Crippen molar-refractivity contribution in [1.29, 1.82) is 0 Å². The van der Waals surface area contributed by atoms with E-state index in [1.165, 1.54) is 25.7 Å². The second-order valence-corrected chi connectivity index (χ2v) is 5.71. The van der Waals surface area contributed by atoms with Gasteiger partial charge in [0, 0.05) is 12.1 Å². The first kappa shape index (κ1) is 16.4. The Balaban J connectivity index is 1.76. The Hall–Kier alpha value is -1.97. The molecule has 0 unspecified atom stereocenters. The number of hydrogen-bond acceptors (Lipinski definition) is 3. The summed E-state index contributed by atoms with van der Waals surface area (Å²) in [6.07, 6.45) is 9.30. The zero-order valence-electron chi connectivity index (χ0n) is 13.4. The van der Waals surface area contributed by atoms with Crippen molar-refractivity contribution in [3.63, 3.8) is 0 Å². The topological polar surface area (TPSA) is 47.6 Å². The molecule has 0 spiro atoms. The van der Waals surface area contributed by atoms with Gasteiger partial charge in [0.25, 0.3) is 0 Å². The van der Waals surface area contributed by atoms with E-state index in [1.54, 1.807) is 12.2 Å². The zero-order chi connectivity index (χ0) is 15.8. The molecule has 1 heterocycles. The summed E-state index contributed by atoms with van der Waals surface area (Å²) < 4.78 is 10.6. The lowest BCUT2D eigenvalue weighted by molar-refractivity contribution is -0.117. The highest BCUT2D eigenvalue weighted by molar-refractivity contribution is 5.92. The lowest BCUT2D eigenvalue weighted by Crippen LogP contribution is -2.30. The van der Waals surface area contributed by atoms with E-state index in [1.807, 2.05) is 18.2 Å². The fourth-order valence-corrected chi connectivity index (χ4v) is 2.43. The molecular formula is C18H25NO3. The molecule has 4 heteroatoms. The number of hydrogen-bond donors (Lipinski definition) is 1. The molecule has 1 aromatic rings. The van der Waals surface area contributed by atoms with Gasteiger partial charge in [-0.05, 0) is 37.1 Å². The highest BCUT2D eigenvalue weighted by Gasteiger charge is 2.12. The van der Waals surface area contributed by atoms with Crippen LogP contribution in [0.25, 0.3) is 6.08 Å². The maximum absolute atomic E-state index is 11.9. The molecule has 0 fully saturated rings. The molecule has 22 heavy (non-hydrogen) atoms. The quantitative estimate of drug-likeness (QED) is 0.585. The molecule has 1 amide bonds. The number of benzene rings is 1. The third-order valence-electron chi connectivity index (χ3n) is 3.70. The Morgan fingerprint density at radius 3 is 2.91 bits per heavy atom. The molecule has 0 saturated carbocycles. The summed E-state index contributed by atoms with van der Waals surface area (Å²) in [4.78, 5) is 11.9. The molecule has 1 aromatic carbocycles. The van der Waals surface area contributed by atoms with Crippen molar-refractivity contribution < 1.29 is 14.3 Å². The lowest BCUT2D eigenvalue weighted by Gasteiger charge is -2.11. The van der Waals surface area contributed by atoms with Crippen LogP contribution < -0.4 is 14.8 Å². The van der Waals surface area contributed by atoms with Crippen molar-refractivity contribution >= 4 is 12.0 Å². The van der Waals surface area contributed by atoms with E-state index >= 15 is 0 Å². The molecule has 1 atom stereocenters. The second-order valence-electron chi connectivity index (χ2n) is 5.71. The molecular weight excluding hydrogens is 278 g/mol. The Bertz CT molecular complexity index is 525. The molecule has 0 radical (unpaired) electrons. The minimum atomic E-state index is -0.0549.